The maximum absolute atomic E-state index is 8.49. The van der Waals surface area contributed by atoms with Gasteiger partial charge in [-0.05, 0) is 70.3 Å². The van der Waals surface area contributed by atoms with Gasteiger partial charge in [0.25, 0.3) is 0 Å². The molecule has 1 nitrogen and oxygen atoms in total. The standard InChI is InChI=1S/C29H23NS/c1-17(2)19-10-11-30-26(15-19)24-14-21-6-4-5-7-23(21)28-25-13-20-9-8-18(3)12-22(20)16-27(25)31-29(24)28/h4-17H,1-3H3/i17D. The summed E-state index contributed by atoms with van der Waals surface area (Å²) in [4.78, 5) is 4.74. The molecule has 0 bridgehead atoms. The zero-order valence-electron chi connectivity index (χ0n) is 18.9. The Balaban J connectivity index is 1.76. The predicted molar refractivity (Wildman–Crippen MR) is 136 cm³/mol. The van der Waals surface area contributed by atoms with Crippen LogP contribution in [0.15, 0.2) is 79.0 Å². The number of hydrogen-bond donors (Lipinski definition) is 0. The lowest BCUT2D eigenvalue weighted by molar-refractivity contribution is 0.864. The lowest BCUT2D eigenvalue weighted by atomic mass is 9.96. The number of aryl methyl sites for hydroxylation is 1. The van der Waals surface area contributed by atoms with Gasteiger partial charge >= 0.3 is 0 Å². The zero-order chi connectivity index (χ0) is 22.0. The van der Waals surface area contributed by atoms with Crippen LogP contribution in [-0.2, 0) is 0 Å². The van der Waals surface area contributed by atoms with Crippen molar-refractivity contribution in [3.63, 3.8) is 0 Å². The molecule has 0 aliphatic heterocycles. The molecular weight excluding hydrogens is 394 g/mol. The number of pyridine rings is 1. The molecule has 0 unspecified atom stereocenters. The Kier molecular flexibility index (Phi) is 3.88. The number of thiophene rings is 1. The fourth-order valence-corrected chi connectivity index (χ4v) is 5.84. The molecule has 0 aliphatic carbocycles. The highest BCUT2D eigenvalue weighted by Crippen LogP contribution is 2.45. The molecule has 31 heavy (non-hydrogen) atoms. The molecule has 0 N–H and O–H groups in total. The number of benzene rings is 4. The summed E-state index contributed by atoms with van der Waals surface area (Å²) in [6, 6.07) is 26.3. The van der Waals surface area contributed by atoms with Gasteiger partial charge in [0, 0.05) is 33.3 Å². The number of aromatic nitrogens is 1. The second-order valence-corrected chi connectivity index (χ2v) is 9.63. The van der Waals surface area contributed by atoms with Gasteiger partial charge in [0.05, 0.1) is 5.69 Å². The maximum Gasteiger partial charge on any atom is 0.0719 e. The van der Waals surface area contributed by atoms with E-state index in [0.717, 1.165) is 16.8 Å². The zero-order valence-corrected chi connectivity index (χ0v) is 18.7. The third kappa shape index (κ3) is 2.94. The van der Waals surface area contributed by atoms with Crippen LogP contribution in [0.1, 0.15) is 32.2 Å². The highest BCUT2D eigenvalue weighted by molar-refractivity contribution is 7.26. The van der Waals surface area contributed by atoms with E-state index in [2.05, 4.69) is 73.7 Å². The Morgan fingerprint density at radius 1 is 0.839 bits per heavy atom. The first-order chi connectivity index (χ1) is 15.4. The van der Waals surface area contributed by atoms with Crippen molar-refractivity contribution in [2.45, 2.75) is 26.7 Å². The molecule has 0 spiro atoms. The first kappa shape index (κ1) is 17.5. The summed E-state index contributed by atoms with van der Waals surface area (Å²) in [6.07, 6.45) is 1.84. The highest BCUT2D eigenvalue weighted by atomic mass is 32.1. The van der Waals surface area contributed by atoms with Crippen molar-refractivity contribution in [2.75, 3.05) is 0 Å². The van der Waals surface area contributed by atoms with E-state index < -0.39 is 5.89 Å². The van der Waals surface area contributed by atoms with Crippen LogP contribution >= 0.6 is 11.3 Å². The summed E-state index contributed by atoms with van der Waals surface area (Å²) in [6.45, 7) is 6.00. The summed E-state index contributed by atoms with van der Waals surface area (Å²) in [7, 11) is 0. The molecule has 0 amide bonds. The van der Waals surface area contributed by atoms with Gasteiger partial charge in [0.15, 0.2) is 0 Å². The molecule has 0 saturated heterocycles. The van der Waals surface area contributed by atoms with E-state index in [0.29, 0.717) is 0 Å². The van der Waals surface area contributed by atoms with E-state index in [1.807, 2.05) is 37.4 Å². The molecule has 150 valence electrons. The number of nitrogens with zero attached hydrogens (tertiary/aromatic N) is 1. The molecule has 2 heterocycles. The van der Waals surface area contributed by atoms with Crippen molar-refractivity contribution < 1.29 is 1.37 Å². The van der Waals surface area contributed by atoms with Crippen molar-refractivity contribution in [1.82, 2.24) is 4.98 Å². The summed E-state index contributed by atoms with van der Waals surface area (Å²) in [5, 5.41) is 7.66. The Hall–Kier alpha value is -3.23. The van der Waals surface area contributed by atoms with Crippen LogP contribution in [0.2, 0.25) is 0 Å². The molecule has 0 saturated carbocycles. The largest absolute Gasteiger partial charge is 0.256 e. The molecule has 0 aliphatic rings. The molecule has 0 fully saturated rings. The molecule has 0 atom stereocenters. The van der Waals surface area contributed by atoms with Gasteiger partial charge in [-0.2, -0.15) is 0 Å². The van der Waals surface area contributed by atoms with Crippen LogP contribution in [0.4, 0.5) is 0 Å². The normalized spacial score (nSPS) is 12.8. The summed E-state index contributed by atoms with van der Waals surface area (Å²) in [5.41, 5.74) is 4.34. The smallest absolute Gasteiger partial charge is 0.0719 e. The second kappa shape index (κ2) is 6.90. The van der Waals surface area contributed by atoms with Crippen molar-refractivity contribution in [3.8, 4) is 11.3 Å². The summed E-state index contributed by atoms with van der Waals surface area (Å²) >= 11 is 1.85. The summed E-state index contributed by atoms with van der Waals surface area (Å²) < 4.78 is 11.0. The van der Waals surface area contributed by atoms with Crippen LogP contribution in [0.3, 0.4) is 0 Å². The molecule has 6 rings (SSSR count). The maximum atomic E-state index is 8.49. The summed E-state index contributed by atoms with van der Waals surface area (Å²) in [5.74, 6) is -0.663. The Morgan fingerprint density at radius 2 is 1.71 bits per heavy atom. The predicted octanol–water partition coefficient (Wildman–Crippen LogP) is 8.85. The van der Waals surface area contributed by atoms with Crippen molar-refractivity contribution in [2.24, 2.45) is 0 Å². The first-order valence-corrected chi connectivity index (χ1v) is 11.5. The van der Waals surface area contributed by atoms with Crippen LogP contribution < -0.4 is 0 Å². The SMILES string of the molecule is [2H]C(C)(C)c1ccnc(-c2cc3ccccc3c3c2sc2cc4cc(C)ccc4cc23)c1. The third-order valence-corrected chi connectivity index (χ3v) is 7.38. The van der Waals surface area contributed by atoms with Gasteiger partial charge in [-0.25, -0.2) is 0 Å². The van der Waals surface area contributed by atoms with Crippen LogP contribution in [0.5, 0.6) is 0 Å². The first-order valence-electron chi connectivity index (χ1n) is 11.1. The van der Waals surface area contributed by atoms with Gasteiger partial charge in [0.1, 0.15) is 0 Å². The minimum absolute atomic E-state index is 0.663. The molecule has 2 aromatic heterocycles. The lowest BCUT2D eigenvalue weighted by Gasteiger charge is -2.10. The fourth-order valence-electron chi connectivity index (χ4n) is 4.57. The highest BCUT2D eigenvalue weighted by Gasteiger charge is 2.16. The Morgan fingerprint density at radius 3 is 2.58 bits per heavy atom. The molecule has 6 aromatic rings. The topological polar surface area (TPSA) is 12.9 Å². The van der Waals surface area contributed by atoms with E-state index in [4.69, 9.17) is 6.35 Å². The number of hydrogen-bond acceptors (Lipinski definition) is 2. The van der Waals surface area contributed by atoms with Crippen molar-refractivity contribution >= 4 is 53.1 Å². The van der Waals surface area contributed by atoms with Crippen molar-refractivity contribution in [3.05, 3.63) is 90.1 Å². The average molecular weight is 419 g/mol. The minimum Gasteiger partial charge on any atom is -0.256 e. The van der Waals surface area contributed by atoms with Gasteiger partial charge < -0.3 is 0 Å². The van der Waals surface area contributed by atoms with E-state index >= 15 is 0 Å². The van der Waals surface area contributed by atoms with E-state index in [1.165, 1.54) is 47.3 Å². The average Bonchev–Trinajstić information content (AvgIpc) is 3.15. The number of rotatable bonds is 2. The van der Waals surface area contributed by atoms with Gasteiger partial charge in [-0.15, -0.1) is 11.3 Å². The van der Waals surface area contributed by atoms with Crippen LogP contribution in [0.25, 0.3) is 53.0 Å². The monoisotopic (exact) mass is 418 g/mol. The van der Waals surface area contributed by atoms with Gasteiger partial charge in [0.2, 0.25) is 0 Å². The molecule has 2 heteroatoms. The van der Waals surface area contributed by atoms with Crippen LogP contribution in [0, 0.1) is 6.92 Å². The van der Waals surface area contributed by atoms with Gasteiger partial charge in [-0.1, -0.05) is 61.9 Å². The molecular formula is C29H23NS. The Labute approximate surface area is 187 Å². The van der Waals surface area contributed by atoms with E-state index in [-0.39, 0.29) is 0 Å². The second-order valence-electron chi connectivity index (χ2n) is 8.58. The lowest BCUT2D eigenvalue weighted by Crippen LogP contribution is -1.91. The quantitative estimate of drug-likeness (QED) is 0.274. The van der Waals surface area contributed by atoms with Crippen LogP contribution in [-0.4, -0.2) is 4.98 Å². The van der Waals surface area contributed by atoms with E-state index in [1.54, 1.807) is 0 Å². The van der Waals surface area contributed by atoms with Crippen molar-refractivity contribution in [1.29, 1.82) is 0 Å². The fraction of sp³-hybridized carbons (Fsp3) is 0.138. The molecule has 0 radical (unpaired) electrons. The van der Waals surface area contributed by atoms with E-state index in [9.17, 15) is 0 Å². The van der Waals surface area contributed by atoms with Gasteiger partial charge in [-0.3, -0.25) is 4.98 Å². The number of fused-ring (bicyclic) bond motifs is 6. The minimum atomic E-state index is -0.663. The third-order valence-electron chi connectivity index (χ3n) is 6.19. The Bertz CT molecular complexity index is 1670. The molecule has 4 aromatic carbocycles.